The van der Waals surface area contributed by atoms with Crippen molar-refractivity contribution in [2.75, 3.05) is 49.6 Å². The first-order valence-electron chi connectivity index (χ1n) is 8.72. The third-order valence-electron chi connectivity index (χ3n) is 4.30. The van der Waals surface area contributed by atoms with Gasteiger partial charge in [0.2, 0.25) is 5.91 Å². The Kier molecular flexibility index (Phi) is 6.44. The molecule has 2 heterocycles. The third-order valence-corrected chi connectivity index (χ3v) is 5.16. The molecule has 1 fully saturated rings. The SMILES string of the molecule is CCN(CC(=O)Nc1ccc(N2CCOCC2)cc1)Cc1cccs1. The van der Waals surface area contributed by atoms with Crippen molar-refractivity contribution in [2.45, 2.75) is 13.5 Å². The molecule has 1 saturated heterocycles. The number of ether oxygens (including phenoxy) is 1. The fourth-order valence-electron chi connectivity index (χ4n) is 2.88. The van der Waals surface area contributed by atoms with Crippen LogP contribution >= 0.6 is 11.3 Å². The van der Waals surface area contributed by atoms with Crippen LogP contribution in [0.25, 0.3) is 0 Å². The van der Waals surface area contributed by atoms with Crippen LogP contribution in [0.2, 0.25) is 0 Å². The first-order chi connectivity index (χ1) is 12.2. The van der Waals surface area contributed by atoms with Crippen molar-refractivity contribution in [2.24, 2.45) is 0 Å². The van der Waals surface area contributed by atoms with Gasteiger partial charge in [-0.3, -0.25) is 9.69 Å². The van der Waals surface area contributed by atoms with E-state index in [1.54, 1.807) is 11.3 Å². The normalized spacial score (nSPS) is 14.7. The highest BCUT2D eigenvalue weighted by Gasteiger charge is 2.13. The van der Waals surface area contributed by atoms with E-state index in [0.717, 1.165) is 45.1 Å². The molecule has 0 unspecified atom stereocenters. The van der Waals surface area contributed by atoms with Crippen LogP contribution in [0.3, 0.4) is 0 Å². The second kappa shape index (κ2) is 8.99. The molecule has 0 atom stereocenters. The predicted octanol–water partition coefficient (Wildman–Crippen LogP) is 3.05. The molecule has 1 aromatic carbocycles. The molecule has 1 aliphatic rings. The van der Waals surface area contributed by atoms with Crippen LogP contribution in [0, 0.1) is 0 Å². The Hall–Kier alpha value is -1.89. The van der Waals surface area contributed by atoms with Gasteiger partial charge in [-0.05, 0) is 42.3 Å². The molecule has 1 amide bonds. The van der Waals surface area contributed by atoms with Crippen LogP contribution in [0.1, 0.15) is 11.8 Å². The number of hydrogen-bond acceptors (Lipinski definition) is 5. The monoisotopic (exact) mass is 359 g/mol. The molecule has 5 nitrogen and oxygen atoms in total. The molecule has 1 aromatic heterocycles. The average Bonchev–Trinajstić information content (AvgIpc) is 3.15. The maximum Gasteiger partial charge on any atom is 0.238 e. The minimum atomic E-state index is 0.0255. The summed E-state index contributed by atoms with van der Waals surface area (Å²) in [5.41, 5.74) is 2.02. The van der Waals surface area contributed by atoms with Crippen molar-refractivity contribution in [1.29, 1.82) is 0 Å². The van der Waals surface area contributed by atoms with Gasteiger partial charge in [0.15, 0.2) is 0 Å². The highest BCUT2D eigenvalue weighted by molar-refractivity contribution is 7.09. The number of amides is 1. The van der Waals surface area contributed by atoms with E-state index < -0.39 is 0 Å². The highest BCUT2D eigenvalue weighted by Crippen LogP contribution is 2.19. The van der Waals surface area contributed by atoms with Crippen molar-refractivity contribution >= 4 is 28.6 Å². The number of morpholine rings is 1. The van der Waals surface area contributed by atoms with E-state index in [1.807, 2.05) is 18.2 Å². The van der Waals surface area contributed by atoms with Crippen LogP contribution < -0.4 is 10.2 Å². The fourth-order valence-corrected chi connectivity index (χ4v) is 3.63. The first kappa shape index (κ1) is 17.9. The molecule has 6 heteroatoms. The van der Waals surface area contributed by atoms with Crippen molar-refractivity contribution in [3.05, 3.63) is 46.7 Å². The van der Waals surface area contributed by atoms with E-state index >= 15 is 0 Å². The Bertz CT molecular complexity index is 652. The first-order valence-corrected chi connectivity index (χ1v) is 9.60. The van der Waals surface area contributed by atoms with E-state index in [2.05, 4.69) is 45.6 Å². The van der Waals surface area contributed by atoms with Gasteiger partial charge < -0.3 is 15.0 Å². The van der Waals surface area contributed by atoms with Gasteiger partial charge in [0.25, 0.3) is 0 Å². The van der Waals surface area contributed by atoms with Gasteiger partial charge in [-0.15, -0.1) is 11.3 Å². The van der Waals surface area contributed by atoms with Crippen molar-refractivity contribution < 1.29 is 9.53 Å². The lowest BCUT2D eigenvalue weighted by Crippen LogP contribution is -2.36. The number of thiophene rings is 1. The van der Waals surface area contributed by atoms with E-state index in [-0.39, 0.29) is 5.91 Å². The summed E-state index contributed by atoms with van der Waals surface area (Å²) >= 11 is 1.73. The smallest absolute Gasteiger partial charge is 0.238 e. The number of nitrogens with one attached hydrogen (secondary N) is 1. The molecule has 0 aliphatic carbocycles. The molecule has 25 heavy (non-hydrogen) atoms. The summed E-state index contributed by atoms with van der Waals surface area (Å²) in [5.74, 6) is 0.0255. The van der Waals surface area contributed by atoms with E-state index in [0.29, 0.717) is 6.54 Å². The zero-order valence-electron chi connectivity index (χ0n) is 14.6. The van der Waals surface area contributed by atoms with E-state index in [1.165, 1.54) is 10.6 Å². The summed E-state index contributed by atoms with van der Waals surface area (Å²) in [6.07, 6.45) is 0. The molecule has 3 rings (SSSR count). The lowest BCUT2D eigenvalue weighted by Gasteiger charge is -2.29. The minimum absolute atomic E-state index is 0.0255. The van der Waals surface area contributed by atoms with Crippen LogP contribution in [0.5, 0.6) is 0 Å². The van der Waals surface area contributed by atoms with Crippen LogP contribution in [0.4, 0.5) is 11.4 Å². The van der Waals surface area contributed by atoms with Gasteiger partial charge >= 0.3 is 0 Å². The summed E-state index contributed by atoms with van der Waals surface area (Å²) < 4.78 is 5.38. The van der Waals surface area contributed by atoms with Gasteiger partial charge in [0, 0.05) is 35.9 Å². The van der Waals surface area contributed by atoms with Crippen LogP contribution in [-0.2, 0) is 16.1 Å². The van der Waals surface area contributed by atoms with Crippen LogP contribution in [0.15, 0.2) is 41.8 Å². The number of hydrogen-bond donors (Lipinski definition) is 1. The molecule has 0 saturated carbocycles. The van der Waals surface area contributed by atoms with Gasteiger partial charge in [-0.2, -0.15) is 0 Å². The number of likely N-dealkylation sites (N-methyl/N-ethyl adjacent to an activating group) is 1. The summed E-state index contributed by atoms with van der Waals surface area (Å²) in [6, 6.07) is 12.2. The Morgan fingerprint density at radius 3 is 2.64 bits per heavy atom. The number of carbonyl (C=O) groups excluding carboxylic acids is 1. The number of carbonyl (C=O) groups is 1. The standard InChI is InChI=1S/C19H25N3O2S/c1-2-21(14-18-4-3-13-25-18)15-19(23)20-16-5-7-17(8-6-16)22-9-11-24-12-10-22/h3-8,13H,2,9-12,14-15H2,1H3,(H,20,23). The van der Waals surface area contributed by atoms with E-state index in [4.69, 9.17) is 4.74 Å². The predicted molar refractivity (Wildman–Crippen MR) is 103 cm³/mol. The van der Waals surface area contributed by atoms with Crippen LogP contribution in [-0.4, -0.2) is 50.2 Å². The summed E-state index contributed by atoms with van der Waals surface area (Å²) in [6.45, 7) is 7.53. The fraction of sp³-hybridized carbons (Fsp3) is 0.421. The number of nitrogens with zero attached hydrogens (tertiary/aromatic N) is 2. The van der Waals surface area contributed by atoms with Crippen molar-refractivity contribution in [1.82, 2.24) is 4.90 Å². The molecule has 1 aliphatic heterocycles. The highest BCUT2D eigenvalue weighted by atomic mass is 32.1. The Morgan fingerprint density at radius 2 is 2.00 bits per heavy atom. The Morgan fingerprint density at radius 1 is 1.24 bits per heavy atom. The van der Waals surface area contributed by atoms with E-state index in [9.17, 15) is 4.79 Å². The molecule has 0 bridgehead atoms. The minimum Gasteiger partial charge on any atom is -0.378 e. The number of anilines is 2. The molecule has 0 spiro atoms. The molecule has 1 N–H and O–H groups in total. The van der Waals surface area contributed by atoms with Gasteiger partial charge in [-0.25, -0.2) is 0 Å². The Labute approximate surface area is 153 Å². The topological polar surface area (TPSA) is 44.8 Å². The summed E-state index contributed by atoms with van der Waals surface area (Å²) in [5, 5.41) is 5.06. The summed E-state index contributed by atoms with van der Waals surface area (Å²) in [7, 11) is 0. The maximum atomic E-state index is 12.3. The molecular formula is C19H25N3O2S. The molecular weight excluding hydrogens is 334 g/mol. The third kappa shape index (κ3) is 5.29. The van der Waals surface area contributed by atoms with Gasteiger partial charge in [0.05, 0.1) is 19.8 Å². The maximum absolute atomic E-state index is 12.3. The molecule has 0 radical (unpaired) electrons. The summed E-state index contributed by atoms with van der Waals surface area (Å²) in [4.78, 5) is 18.0. The lowest BCUT2D eigenvalue weighted by atomic mass is 10.2. The molecule has 134 valence electrons. The molecule has 2 aromatic rings. The van der Waals surface area contributed by atoms with Gasteiger partial charge in [0.1, 0.15) is 0 Å². The number of rotatable bonds is 7. The van der Waals surface area contributed by atoms with Crippen molar-refractivity contribution in [3.63, 3.8) is 0 Å². The number of benzene rings is 1. The second-order valence-electron chi connectivity index (χ2n) is 6.08. The average molecular weight is 359 g/mol. The second-order valence-corrected chi connectivity index (χ2v) is 7.11. The van der Waals surface area contributed by atoms with Gasteiger partial charge in [-0.1, -0.05) is 13.0 Å². The zero-order chi connectivity index (χ0) is 17.5. The van der Waals surface area contributed by atoms with Crippen molar-refractivity contribution in [3.8, 4) is 0 Å². The largest absolute Gasteiger partial charge is 0.378 e. The Balaban J connectivity index is 1.51. The zero-order valence-corrected chi connectivity index (χ0v) is 15.4. The quantitative estimate of drug-likeness (QED) is 0.825. The lowest BCUT2D eigenvalue weighted by molar-refractivity contribution is -0.117.